The maximum Gasteiger partial charge on any atom is 0.155 e. The predicted octanol–water partition coefficient (Wildman–Crippen LogP) is 1.61. The Morgan fingerprint density at radius 3 is 2.25 bits per heavy atom. The zero-order chi connectivity index (χ0) is 11.5. The first-order chi connectivity index (χ1) is 7.72. The van der Waals surface area contributed by atoms with Crippen molar-refractivity contribution >= 4 is 12.0 Å². The molecule has 1 aromatic rings. The average molecular weight is 227 g/mol. The van der Waals surface area contributed by atoms with Gasteiger partial charge < -0.3 is 9.64 Å². The minimum absolute atomic E-state index is 0.188. The molecule has 3 nitrogen and oxygen atoms in total. The molecule has 0 bridgehead atoms. The number of aldehydes is 1. The molecule has 0 atom stereocenters. The van der Waals surface area contributed by atoms with Crippen molar-refractivity contribution in [2.45, 2.75) is 0 Å². The molecule has 0 saturated carbocycles. The Kier molecular flexibility index (Phi) is 3.14. The van der Waals surface area contributed by atoms with Gasteiger partial charge in [0.2, 0.25) is 0 Å². The lowest BCUT2D eigenvalue weighted by molar-refractivity contribution is 0.111. The quantitative estimate of drug-likeness (QED) is 0.719. The van der Waals surface area contributed by atoms with Gasteiger partial charge in [-0.3, -0.25) is 4.79 Å². The predicted molar refractivity (Wildman–Crippen MR) is 54.8 cm³/mol. The first-order valence-corrected chi connectivity index (χ1v) is 4.99. The molecule has 0 spiro atoms. The Bertz CT molecular complexity index is 380. The maximum atomic E-state index is 13.3. The second-order valence-corrected chi connectivity index (χ2v) is 3.54. The molecule has 1 fully saturated rings. The van der Waals surface area contributed by atoms with Gasteiger partial charge in [0.1, 0.15) is 11.6 Å². The molecule has 1 heterocycles. The summed E-state index contributed by atoms with van der Waals surface area (Å²) in [6.45, 7) is 2.27. The molecule has 5 heteroatoms. The van der Waals surface area contributed by atoms with Crippen LogP contribution in [0.25, 0.3) is 0 Å². The highest BCUT2D eigenvalue weighted by molar-refractivity contribution is 5.76. The van der Waals surface area contributed by atoms with Gasteiger partial charge >= 0.3 is 0 Å². The van der Waals surface area contributed by atoms with Gasteiger partial charge in [-0.1, -0.05) is 0 Å². The van der Waals surface area contributed by atoms with Crippen LogP contribution in [-0.4, -0.2) is 32.6 Å². The molecule has 1 aliphatic heterocycles. The highest BCUT2D eigenvalue weighted by Crippen LogP contribution is 2.21. The van der Waals surface area contributed by atoms with E-state index in [1.807, 2.05) is 4.90 Å². The van der Waals surface area contributed by atoms with E-state index in [0.717, 1.165) is 0 Å². The molecule has 0 radical (unpaired) electrons. The van der Waals surface area contributed by atoms with Crippen LogP contribution in [0.3, 0.4) is 0 Å². The van der Waals surface area contributed by atoms with Crippen LogP contribution in [0, 0.1) is 11.6 Å². The van der Waals surface area contributed by atoms with Crippen LogP contribution in [0.2, 0.25) is 0 Å². The van der Waals surface area contributed by atoms with Gasteiger partial charge in [-0.15, -0.1) is 0 Å². The number of ether oxygens (including phenoxy) is 1. The molecule has 2 rings (SSSR count). The number of benzene rings is 1. The van der Waals surface area contributed by atoms with Crippen LogP contribution < -0.4 is 4.90 Å². The fourth-order valence-electron chi connectivity index (χ4n) is 1.69. The fraction of sp³-hybridized carbons (Fsp3) is 0.364. The number of carbonyl (C=O) groups is 1. The lowest BCUT2D eigenvalue weighted by Crippen LogP contribution is -2.36. The van der Waals surface area contributed by atoms with Crippen molar-refractivity contribution in [3.8, 4) is 0 Å². The fourth-order valence-corrected chi connectivity index (χ4v) is 1.69. The summed E-state index contributed by atoms with van der Waals surface area (Å²) >= 11 is 0. The largest absolute Gasteiger partial charge is 0.378 e. The zero-order valence-corrected chi connectivity index (χ0v) is 8.58. The van der Waals surface area contributed by atoms with Gasteiger partial charge in [0.05, 0.1) is 18.8 Å². The van der Waals surface area contributed by atoms with Gasteiger partial charge in [0.25, 0.3) is 0 Å². The molecule has 0 aromatic heterocycles. The Balaban J connectivity index is 2.31. The van der Waals surface area contributed by atoms with Gasteiger partial charge in [-0.2, -0.15) is 0 Å². The maximum absolute atomic E-state index is 13.3. The summed E-state index contributed by atoms with van der Waals surface area (Å²) in [7, 11) is 0. The third kappa shape index (κ3) is 2.04. The van der Waals surface area contributed by atoms with E-state index in [-0.39, 0.29) is 6.29 Å². The van der Waals surface area contributed by atoms with Crippen molar-refractivity contribution in [2.75, 3.05) is 31.2 Å². The first-order valence-electron chi connectivity index (χ1n) is 4.99. The molecule has 1 aromatic carbocycles. The van der Waals surface area contributed by atoms with Crippen LogP contribution in [0.15, 0.2) is 12.1 Å². The number of rotatable bonds is 2. The number of morpholine rings is 1. The summed E-state index contributed by atoms with van der Waals surface area (Å²) in [5, 5.41) is 0. The molecule has 0 aliphatic carbocycles. The number of nitrogens with zero attached hydrogens (tertiary/aromatic N) is 1. The van der Waals surface area contributed by atoms with E-state index < -0.39 is 17.2 Å². The Morgan fingerprint density at radius 1 is 1.19 bits per heavy atom. The highest BCUT2D eigenvalue weighted by atomic mass is 19.1. The van der Waals surface area contributed by atoms with E-state index in [2.05, 4.69) is 0 Å². The topological polar surface area (TPSA) is 29.5 Å². The zero-order valence-electron chi connectivity index (χ0n) is 8.58. The minimum atomic E-state index is -0.823. The number of hydrogen-bond acceptors (Lipinski definition) is 3. The van der Waals surface area contributed by atoms with E-state index >= 15 is 0 Å². The molecule has 0 N–H and O–H groups in total. The number of hydrogen-bond donors (Lipinski definition) is 0. The molecule has 0 unspecified atom stereocenters. The van der Waals surface area contributed by atoms with E-state index in [4.69, 9.17) is 4.74 Å². The van der Waals surface area contributed by atoms with Crippen molar-refractivity contribution in [3.63, 3.8) is 0 Å². The normalized spacial score (nSPS) is 16.2. The van der Waals surface area contributed by atoms with Crippen LogP contribution in [-0.2, 0) is 4.74 Å². The van der Waals surface area contributed by atoms with Crippen molar-refractivity contribution in [1.82, 2.24) is 0 Å². The van der Waals surface area contributed by atoms with Gasteiger partial charge in [0, 0.05) is 18.8 Å². The lowest BCUT2D eigenvalue weighted by atomic mass is 10.1. The van der Waals surface area contributed by atoms with Crippen molar-refractivity contribution in [1.29, 1.82) is 0 Å². The van der Waals surface area contributed by atoms with Gasteiger partial charge in [0.15, 0.2) is 6.29 Å². The minimum Gasteiger partial charge on any atom is -0.378 e. The van der Waals surface area contributed by atoms with Crippen LogP contribution >= 0.6 is 0 Å². The summed E-state index contributed by atoms with van der Waals surface area (Å²) in [5.74, 6) is -1.65. The van der Waals surface area contributed by atoms with Crippen molar-refractivity contribution < 1.29 is 18.3 Å². The summed E-state index contributed by atoms with van der Waals surface area (Å²) < 4.78 is 31.8. The SMILES string of the molecule is O=Cc1c(F)cc(N2CCOCC2)cc1F. The van der Waals surface area contributed by atoms with Gasteiger partial charge in [-0.05, 0) is 12.1 Å². The third-order valence-electron chi connectivity index (χ3n) is 2.56. The van der Waals surface area contributed by atoms with E-state index in [0.29, 0.717) is 32.0 Å². The van der Waals surface area contributed by atoms with Crippen LogP contribution in [0.4, 0.5) is 14.5 Å². The van der Waals surface area contributed by atoms with Crippen LogP contribution in [0.5, 0.6) is 0 Å². The van der Waals surface area contributed by atoms with E-state index in [1.54, 1.807) is 0 Å². The highest BCUT2D eigenvalue weighted by Gasteiger charge is 2.16. The summed E-state index contributed by atoms with van der Waals surface area (Å²) in [6, 6.07) is 2.36. The van der Waals surface area contributed by atoms with Crippen molar-refractivity contribution in [3.05, 3.63) is 29.3 Å². The molecular formula is C11H11F2NO2. The summed E-state index contributed by atoms with van der Waals surface area (Å²) in [5.41, 5.74) is -0.0686. The van der Waals surface area contributed by atoms with Gasteiger partial charge in [-0.25, -0.2) is 8.78 Å². The van der Waals surface area contributed by atoms with Crippen molar-refractivity contribution in [2.24, 2.45) is 0 Å². The molecule has 16 heavy (non-hydrogen) atoms. The second kappa shape index (κ2) is 4.57. The smallest absolute Gasteiger partial charge is 0.155 e. The number of carbonyl (C=O) groups excluding carboxylic acids is 1. The second-order valence-electron chi connectivity index (χ2n) is 3.54. The Morgan fingerprint density at radius 2 is 1.75 bits per heavy atom. The Hall–Kier alpha value is -1.49. The van der Waals surface area contributed by atoms with E-state index in [1.165, 1.54) is 12.1 Å². The van der Waals surface area contributed by atoms with Crippen LogP contribution in [0.1, 0.15) is 10.4 Å². The molecular weight excluding hydrogens is 216 g/mol. The molecule has 86 valence electrons. The Labute approximate surface area is 91.6 Å². The lowest BCUT2D eigenvalue weighted by Gasteiger charge is -2.29. The standard InChI is InChI=1S/C11H11F2NO2/c12-10-5-8(6-11(13)9(10)7-15)14-1-3-16-4-2-14/h5-7H,1-4H2. The first kappa shape index (κ1) is 11.0. The summed E-state index contributed by atoms with van der Waals surface area (Å²) in [4.78, 5) is 12.2. The molecule has 1 saturated heterocycles. The number of halogens is 2. The monoisotopic (exact) mass is 227 g/mol. The van der Waals surface area contributed by atoms with E-state index in [9.17, 15) is 13.6 Å². The third-order valence-corrected chi connectivity index (χ3v) is 2.56. The number of anilines is 1. The molecule has 1 aliphatic rings. The summed E-state index contributed by atoms with van der Waals surface area (Å²) in [6.07, 6.45) is 0.188. The average Bonchev–Trinajstić information content (AvgIpc) is 2.30. The molecule has 0 amide bonds.